The van der Waals surface area contributed by atoms with Crippen LogP contribution in [0.5, 0.6) is 0 Å². The van der Waals surface area contributed by atoms with Crippen molar-refractivity contribution in [2.24, 2.45) is 5.10 Å². The molecule has 0 aliphatic heterocycles. The van der Waals surface area contributed by atoms with Crippen LogP contribution in [-0.2, 0) is 6.18 Å². The van der Waals surface area contributed by atoms with Gasteiger partial charge in [-0.3, -0.25) is 5.43 Å². The molecule has 1 heterocycles. The molecular weight excluding hydrogens is 395 g/mol. The number of hydrazone groups is 1. The molecule has 120 valence electrons. The van der Waals surface area contributed by atoms with E-state index < -0.39 is 11.7 Å². The van der Waals surface area contributed by atoms with Crippen molar-refractivity contribution in [1.29, 1.82) is 0 Å². The zero-order chi connectivity index (χ0) is 16.9. The first kappa shape index (κ1) is 17.5. The van der Waals surface area contributed by atoms with E-state index >= 15 is 0 Å². The van der Waals surface area contributed by atoms with E-state index in [0.29, 0.717) is 10.7 Å². The topological polar surface area (TPSA) is 37.3 Å². The Labute approximate surface area is 144 Å². The van der Waals surface area contributed by atoms with Gasteiger partial charge in [0.05, 0.1) is 16.8 Å². The summed E-state index contributed by atoms with van der Waals surface area (Å²) in [7, 11) is 0. The predicted molar refractivity (Wildman–Crippen MR) is 89.7 cm³/mol. The van der Waals surface area contributed by atoms with Crippen LogP contribution in [-0.4, -0.2) is 11.2 Å². The van der Waals surface area contributed by atoms with E-state index in [9.17, 15) is 13.2 Å². The SMILES string of the molecule is FC(F)(F)c1cnc(NN=C/C(Br)=C\c2ccccc2)c(Cl)c1. The maximum atomic E-state index is 12.5. The number of pyridine rings is 1. The second-order valence-corrected chi connectivity index (χ2v) is 5.68. The number of anilines is 1. The van der Waals surface area contributed by atoms with Gasteiger partial charge < -0.3 is 0 Å². The Morgan fingerprint density at radius 3 is 2.57 bits per heavy atom. The molecular formula is C15H10BrClF3N3. The Balaban J connectivity index is 2.04. The van der Waals surface area contributed by atoms with Gasteiger partial charge in [-0.25, -0.2) is 4.98 Å². The minimum Gasteiger partial charge on any atom is -0.260 e. The standard InChI is InChI=1S/C15H10BrClF3N3/c16-12(6-10-4-2-1-3-5-10)9-22-23-14-13(17)7-11(8-21-14)15(18,19)20/h1-9H,(H,21,23)/b12-6+,22-9?. The van der Waals surface area contributed by atoms with Crippen LogP contribution >= 0.6 is 27.5 Å². The Hall–Kier alpha value is -1.86. The average Bonchev–Trinajstić information content (AvgIpc) is 2.49. The molecule has 3 nitrogen and oxygen atoms in total. The summed E-state index contributed by atoms with van der Waals surface area (Å²) in [5.41, 5.74) is 2.55. The summed E-state index contributed by atoms with van der Waals surface area (Å²) in [5.74, 6) is 0.0379. The van der Waals surface area contributed by atoms with E-state index in [-0.39, 0.29) is 10.8 Å². The Morgan fingerprint density at radius 1 is 1.26 bits per heavy atom. The van der Waals surface area contributed by atoms with Crippen LogP contribution < -0.4 is 5.43 Å². The molecule has 0 unspecified atom stereocenters. The van der Waals surface area contributed by atoms with E-state index in [1.54, 1.807) is 0 Å². The fourth-order valence-corrected chi connectivity index (χ4v) is 2.15. The molecule has 2 rings (SSSR count). The van der Waals surface area contributed by atoms with E-state index in [1.165, 1.54) is 6.21 Å². The van der Waals surface area contributed by atoms with Crippen molar-refractivity contribution in [2.45, 2.75) is 6.18 Å². The number of nitrogens with one attached hydrogen (secondary N) is 1. The van der Waals surface area contributed by atoms with Gasteiger partial charge in [-0.2, -0.15) is 18.3 Å². The van der Waals surface area contributed by atoms with Crippen LogP contribution in [0.25, 0.3) is 6.08 Å². The zero-order valence-corrected chi connectivity index (χ0v) is 13.8. The van der Waals surface area contributed by atoms with Crippen molar-refractivity contribution in [1.82, 2.24) is 4.98 Å². The van der Waals surface area contributed by atoms with Gasteiger partial charge >= 0.3 is 6.18 Å². The molecule has 1 aromatic heterocycles. The normalized spacial score (nSPS) is 12.7. The van der Waals surface area contributed by atoms with Gasteiger partial charge in [0.1, 0.15) is 0 Å². The molecule has 0 aliphatic rings. The van der Waals surface area contributed by atoms with Gasteiger partial charge in [0, 0.05) is 10.7 Å². The molecule has 0 radical (unpaired) electrons. The third-order valence-electron chi connectivity index (χ3n) is 2.63. The summed E-state index contributed by atoms with van der Waals surface area (Å²) in [6, 6.07) is 10.3. The van der Waals surface area contributed by atoms with Gasteiger partial charge in [-0.05, 0) is 33.6 Å². The molecule has 8 heteroatoms. The number of benzene rings is 1. The number of nitrogens with zero attached hydrogens (tertiary/aromatic N) is 2. The highest BCUT2D eigenvalue weighted by Gasteiger charge is 2.31. The van der Waals surface area contributed by atoms with Crippen LogP contribution in [0, 0.1) is 0 Å². The third-order valence-corrected chi connectivity index (χ3v) is 3.35. The van der Waals surface area contributed by atoms with Crippen LogP contribution in [0.1, 0.15) is 11.1 Å². The van der Waals surface area contributed by atoms with Crippen LogP contribution in [0.3, 0.4) is 0 Å². The maximum absolute atomic E-state index is 12.5. The van der Waals surface area contributed by atoms with Crippen LogP contribution in [0.15, 0.2) is 52.2 Å². The van der Waals surface area contributed by atoms with Crippen LogP contribution in [0.4, 0.5) is 19.0 Å². The molecule has 2 aromatic rings. The molecule has 0 amide bonds. The summed E-state index contributed by atoms with van der Waals surface area (Å²) in [6.45, 7) is 0. The predicted octanol–water partition coefficient (Wildman–Crippen LogP) is 5.59. The number of hydrogen-bond acceptors (Lipinski definition) is 3. The quantitative estimate of drug-likeness (QED) is 0.533. The van der Waals surface area contributed by atoms with E-state index in [2.05, 4.69) is 31.4 Å². The fourth-order valence-electron chi connectivity index (χ4n) is 1.58. The molecule has 23 heavy (non-hydrogen) atoms. The first-order valence-electron chi connectivity index (χ1n) is 6.30. The lowest BCUT2D eigenvalue weighted by molar-refractivity contribution is -0.137. The summed E-state index contributed by atoms with van der Waals surface area (Å²) in [4.78, 5) is 3.61. The second-order valence-electron chi connectivity index (χ2n) is 4.36. The average molecular weight is 405 g/mol. The van der Waals surface area contributed by atoms with Crippen molar-refractivity contribution in [2.75, 3.05) is 5.43 Å². The highest BCUT2D eigenvalue weighted by Crippen LogP contribution is 2.32. The van der Waals surface area contributed by atoms with E-state index in [0.717, 1.165) is 11.6 Å². The number of aromatic nitrogens is 1. The molecule has 0 atom stereocenters. The minimum atomic E-state index is -4.49. The van der Waals surface area contributed by atoms with Crippen LogP contribution in [0.2, 0.25) is 5.02 Å². The first-order valence-corrected chi connectivity index (χ1v) is 7.47. The molecule has 0 saturated carbocycles. The van der Waals surface area contributed by atoms with Gasteiger partial charge in [0.15, 0.2) is 5.82 Å². The Morgan fingerprint density at radius 2 is 1.96 bits per heavy atom. The molecule has 0 fully saturated rings. The van der Waals surface area contributed by atoms with Crippen molar-refractivity contribution >= 4 is 45.6 Å². The minimum absolute atomic E-state index is 0.0379. The van der Waals surface area contributed by atoms with Gasteiger partial charge in [0.25, 0.3) is 0 Å². The van der Waals surface area contributed by atoms with E-state index in [1.807, 2.05) is 36.4 Å². The molecule has 0 spiro atoms. The summed E-state index contributed by atoms with van der Waals surface area (Å²) < 4.78 is 38.2. The third kappa shape index (κ3) is 5.37. The summed E-state index contributed by atoms with van der Waals surface area (Å²) in [6.07, 6.45) is -0.520. The number of alkyl halides is 3. The zero-order valence-electron chi connectivity index (χ0n) is 11.5. The fraction of sp³-hybridized carbons (Fsp3) is 0.0667. The molecule has 1 N–H and O–H groups in total. The highest BCUT2D eigenvalue weighted by molar-refractivity contribution is 9.12. The summed E-state index contributed by atoms with van der Waals surface area (Å²) >= 11 is 9.07. The maximum Gasteiger partial charge on any atom is 0.417 e. The van der Waals surface area contributed by atoms with Crippen molar-refractivity contribution in [3.05, 3.63) is 63.2 Å². The lowest BCUT2D eigenvalue weighted by Crippen LogP contribution is -2.06. The number of hydrogen-bond donors (Lipinski definition) is 1. The number of halogens is 5. The van der Waals surface area contributed by atoms with Gasteiger partial charge in [-0.1, -0.05) is 41.9 Å². The smallest absolute Gasteiger partial charge is 0.260 e. The lowest BCUT2D eigenvalue weighted by atomic mass is 10.2. The Kier molecular flexibility index (Phi) is 5.79. The van der Waals surface area contributed by atoms with Crippen molar-refractivity contribution < 1.29 is 13.2 Å². The monoisotopic (exact) mass is 403 g/mol. The van der Waals surface area contributed by atoms with E-state index in [4.69, 9.17) is 11.6 Å². The largest absolute Gasteiger partial charge is 0.417 e. The number of allylic oxidation sites excluding steroid dienone is 1. The van der Waals surface area contributed by atoms with Gasteiger partial charge in [-0.15, -0.1) is 0 Å². The lowest BCUT2D eigenvalue weighted by Gasteiger charge is -2.08. The first-order chi connectivity index (χ1) is 10.9. The molecule has 0 bridgehead atoms. The number of rotatable bonds is 4. The Bertz CT molecular complexity index is 730. The second kappa shape index (κ2) is 7.61. The highest BCUT2D eigenvalue weighted by atomic mass is 79.9. The van der Waals surface area contributed by atoms with Crippen molar-refractivity contribution in [3.63, 3.8) is 0 Å². The molecule has 0 aliphatic carbocycles. The molecule has 0 saturated heterocycles. The van der Waals surface area contributed by atoms with Crippen molar-refractivity contribution in [3.8, 4) is 0 Å². The van der Waals surface area contributed by atoms with Gasteiger partial charge in [0.2, 0.25) is 0 Å². The summed E-state index contributed by atoms with van der Waals surface area (Å²) in [5, 5.41) is 3.71. The molecule has 1 aromatic carbocycles.